The molecule has 24 heavy (non-hydrogen) atoms. The van der Waals surface area contributed by atoms with Crippen molar-refractivity contribution in [3.8, 4) is 0 Å². The molecule has 2 N–H and O–H groups in total. The van der Waals surface area contributed by atoms with Gasteiger partial charge in [0.25, 0.3) is 0 Å². The molecule has 1 aromatic heterocycles. The highest BCUT2D eigenvalue weighted by Gasteiger charge is 2.33. The van der Waals surface area contributed by atoms with Crippen LogP contribution in [0.3, 0.4) is 0 Å². The van der Waals surface area contributed by atoms with Gasteiger partial charge in [0.2, 0.25) is 0 Å². The van der Waals surface area contributed by atoms with E-state index in [4.69, 9.17) is 4.74 Å². The molecule has 2 amide bonds. The van der Waals surface area contributed by atoms with Gasteiger partial charge >= 0.3 is 12.0 Å². The van der Waals surface area contributed by atoms with Gasteiger partial charge in [-0.2, -0.15) is 0 Å². The number of nitrogens with one attached hydrogen (secondary N) is 2. The van der Waals surface area contributed by atoms with Crippen molar-refractivity contribution in [1.29, 1.82) is 0 Å². The van der Waals surface area contributed by atoms with Crippen LogP contribution in [-0.4, -0.2) is 28.2 Å². The van der Waals surface area contributed by atoms with Crippen molar-refractivity contribution in [1.82, 2.24) is 20.2 Å². The van der Waals surface area contributed by atoms with Crippen LogP contribution in [0.2, 0.25) is 0 Å². The van der Waals surface area contributed by atoms with Gasteiger partial charge in [0.15, 0.2) is 0 Å². The van der Waals surface area contributed by atoms with Crippen LogP contribution in [0.15, 0.2) is 60.3 Å². The van der Waals surface area contributed by atoms with Crippen molar-refractivity contribution in [2.75, 3.05) is 6.61 Å². The minimum absolute atomic E-state index is 0.260. The monoisotopic (exact) mass is 326 g/mol. The molecule has 0 radical (unpaired) electrons. The SMILES string of the molecule is CCOC(=O)C1=C(Cn2ccnc2)NC(=O)NC1c1ccccc1. The van der Waals surface area contributed by atoms with Gasteiger partial charge in [-0.1, -0.05) is 30.3 Å². The first-order valence-electron chi connectivity index (χ1n) is 7.67. The molecule has 0 spiro atoms. The number of imidazole rings is 1. The summed E-state index contributed by atoms with van der Waals surface area (Å²) in [5.41, 5.74) is 1.72. The van der Waals surface area contributed by atoms with Crippen LogP contribution in [0.5, 0.6) is 0 Å². The average Bonchev–Trinajstić information content (AvgIpc) is 3.08. The molecule has 0 aliphatic carbocycles. The van der Waals surface area contributed by atoms with Gasteiger partial charge < -0.3 is 19.9 Å². The number of urea groups is 1. The number of ether oxygens (including phenoxy) is 1. The Morgan fingerprint density at radius 1 is 1.33 bits per heavy atom. The summed E-state index contributed by atoms with van der Waals surface area (Å²) in [6, 6.07) is 8.43. The number of nitrogens with zero attached hydrogens (tertiary/aromatic N) is 2. The Morgan fingerprint density at radius 3 is 2.79 bits per heavy atom. The molecule has 7 nitrogen and oxygen atoms in total. The zero-order chi connectivity index (χ0) is 16.9. The molecular formula is C17H18N4O3. The first-order chi connectivity index (χ1) is 11.7. The maximum atomic E-state index is 12.5. The Balaban J connectivity index is 2.05. The van der Waals surface area contributed by atoms with Gasteiger partial charge in [-0.25, -0.2) is 14.6 Å². The molecule has 0 fully saturated rings. The number of hydrogen-bond acceptors (Lipinski definition) is 4. The Bertz CT molecular complexity index is 753. The van der Waals surface area contributed by atoms with Crippen molar-refractivity contribution in [3.63, 3.8) is 0 Å². The first kappa shape index (κ1) is 15.8. The highest BCUT2D eigenvalue weighted by molar-refractivity contribution is 5.95. The number of carbonyl (C=O) groups is 2. The largest absolute Gasteiger partial charge is 0.463 e. The predicted molar refractivity (Wildman–Crippen MR) is 86.7 cm³/mol. The summed E-state index contributed by atoms with van der Waals surface area (Å²) >= 11 is 0. The normalized spacial score (nSPS) is 17.2. The van der Waals surface area contributed by atoms with E-state index in [2.05, 4.69) is 15.6 Å². The fourth-order valence-electron chi connectivity index (χ4n) is 2.65. The predicted octanol–water partition coefficient (Wildman–Crippen LogP) is 1.75. The maximum Gasteiger partial charge on any atom is 0.338 e. The summed E-state index contributed by atoms with van der Waals surface area (Å²) in [7, 11) is 0. The molecule has 1 aromatic carbocycles. The third-order valence-electron chi connectivity index (χ3n) is 3.68. The topological polar surface area (TPSA) is 85.2 Å². The minimum Gasteiger partial charge on any atom is -0.463 e. The second kappa shape index (κ2) is 6.99. The van der Waals surface area contributed by atoms with E-state index in [1.165, 1.54) is 0 Å². The number of rotatable bonds is 5. The van der Waals surface area contributed by atoms with E-state index in [9.17, 15) is 9.59 Å². The third kappa shape index (κ3) is 3.29. The smallest absolute Gasteiger partial charge is 0.338 e. The second-order valence-corrected chi connectivity index (χ2v) is 5.29. The van der Waals surface area contributed by atoms with Crippen LogP contribution in [-0.2, 0) is 16.1 Å². The number of amides is 2. The second-order valence-electron chi connectivity index (χ2n) is 5.29. The molecule has 7 heteroatoms. The van der Waals surface area contributed by atoms with E-state index >= 15 is 0 Å². The zero-order valence-corrected chi connectivity index (χ0v) is 13.2. The lowest BCUT2D eigenvalue weighted by molar-refractivity contribution is -0.139. The minimum atomic E-state index is -0.558. The molecule has 1 aliphatic rings. The quantitative estimate of drug-likeness (QED) is 0.820. The van der Waals surface area contributed by atoms with E-state index in [0.29, 0.717) is 17.8 Å². The lowest BCUT2D eigenvalue weighted by Crippen LogP contribution is -2.46. The van der Waals surface area contributed by atoms with Crippen LogP contribution in [0.25, 0.3) is 0 Å². The number of carbonyl (C=O) groups excluding carboxylic acids is 2. The Labute approximate surface area is 139 Å². The van der Waals surface area contributed by atoms with E-state index < -0.39 is 12.0 Å². The zero-order valence-electron chi connectivity index (χ0n) is 13.2. The highest BCUT2D eigenvalue weighted by Crippen LogP contribution is 2.28. The Morgan fingerprint density at radius 2 is 2.12 bits per heavy atom. The van der Waals surface area contributed by atoms with Crippen molar-refractivity contribution in [2.24, 2.45) is 0 Å². The van der Waals surface area contributed by atoms with Crippen LogP contribution in [0.1, 0.15) is 18.5 Å². The van der Waals surface area contributed by atoms with Crippen molar-refractivity contribution in [3.05, 3.63) is 65.9 Å². The number of hydrogen-bond donors (Lipinski definition) is 2. The summed E-state index contributed by atoms with van der Waals surface area (Å²) in [6.45, 7) is 2.33. The number of allylic oxidation sites excluding steroid dienone is 1. The van der Waals surface area contributed by atoms with Crippen LogP contribution in [0.4, 0.5) is 4.79 Å². The molecule has 1 unspecified atom stereocenters. The Hall–Kier alpha value is -3.09. The van der Waals surface area contributed by atoms with Gasteiger partial charge in [0.05, 0.1) is 36.8 Å². The molecule has 0 bridgehead atoms. The number of esters is 1. The van der Waals surface area contributed by atoms with Crippen LogP contribution in [0, 0.1) is 0 Å². The lowest BCUT2D eigenvalue weighted by Gasteiger charge is -2.29. The van der Waals surface area contributed by atoms with Gasteiger partial charge in [-0.05, 0) is 12.5 Å². The fraction of sp³-hybridized carbons (Fsp3) is 0.235. The molecule has 1 atom stereocenters. The summed E-state index contributed by atoms with van der Waals surface area (Å²) in [5, 5.41) is 5.52. The van der Waals surface area contributed by atoms with Crippen LogP contribution < -0.4 is 10.6 Å². The molecule has 2 heterocycles. The number of aromatic nitrogens is 2. The van der Waals surface area contributed by atoms with Gasteiger partial charge in [-0.15, -0.1) is 0 Å². The molecule has 1 aliphatic heterocycles. The summed E-state index contributed by atoms with van der Waals surface area (Å²) in [5.74, 6) is -0.450. The Kier molecular flexibility index (Phi) is 4.60. The van der Waals surface area contributed by atoms with E-state index in [1.807, 2.05) is 30.3 Å². The molecule has 2 aromatic rings. The average molecular weight is 326 g/mol. The highest BCUT2D eigenvalue weighted by atomic mass is 16.5. The first-order valence-corrected chi connectivity index (χ1v) is 7.67. The molecule has 124 valence electrons. The number of benzene rings is 1. The summed E-state index contributed by atoms with van der Waals surface area (Å²) in [4.78, 5) is 28.6. The van der Waals surface area contributed by atoms with Crippen molar-refractivity contribution in [2.45, 2.75) is 19.5 Å². The van der Waals surface area contributed by atoms with Gasteiger partial charge in [-0.3, -0.25) is 0 Å². The molecule has 0 saturated heterocycles. The maximum absolute atomic E-state index is 12.5. The molecular weight excluding hydrogens is 308 g/mol. The van der Waals surface area contributed by atoms with Gasteiger partial charge in [0, 0.05) is 12.4 Å². The van der Waals surface area contributed by atoms with E-state index in [-0.39, 0.29) is 12.6 Å². The fourth-order valence-corrected chi connectivity index (χ4v) is 2.65. The lowest BCUT2D eigenvalue weighted by atomic mass is 9.95. The third-order valence-corrected chi connectivity index (χ3v) is 3.68. The van der Waals surface area contributed by atoms with Crippen molar-refractivity contribution >= 4 is 12.0 Å². The standard InChI is InChI=1S/C17H18N4O3/c1-2-24-16(22)14-13(10-21-9-8-18-11-21)19-17(23)20-15(14)12-6-4-3-5-7-12/h3-9,11,15H,2,10H2,1H3,(H2,19,20,23). The molecule has 3 rings (SSSR count). The van der Waals surface area contributed by atoms with Crippen molar-refractivity contribution < 1.29 is 14.3 Å². The van der Waals surface area contributed by atoms with Gasteiger partial charge in [0.1, 0.15) is 0 Å². The summed E-state index contributed by atoms with van der Waals surface area (Å²) in [6.07, 6.45) is 5.03. The van der Waals surface area contributed by atoms with E-state index in [0.717, 1.165) is 5.56 Å². The summed E-state index contributed by atoms with van der Waals surface area (Å²) < 4.78 is 6.98. The van der Waals surface area contributed by atoms with E-state index in [1.54, 1.807) is 30.2 Å². The van der Waals surface area contributed by atoms with Crippen LogP contribution >= 0.6 is 0 Å². The molecule has 0 saturated carbocycles.